The van der Waals surface area contributed by atoms with Crippen molar-refractivity contribution in [2.45, 2.75) is 46.2 Å². The zero-order chi connectivity index (χ0) is 13.7. The third kappa shape index (κ3) is 3.91. The Bertz CT molecular complexity index is 487. The van der Waals surface area contributed by atoms with Crippen LogP contribution in [-0.2, 0) is 19.4 Å². The van der Waals surface area contributed by atoms with Crippen LogP contribution in [0.2, 0.25) is 0 Å². The molecule has 0 aliphatic heterocycles. The molecule has 3 nitrogen and oxygen atoms in total. The van der Waals surface area contributed by atoms with Crippen molar-refractivity contribution in [3.8, 4) is 0 Å². The number of likely N-dealkylation sites (N-methyl/N-ethyl adjacent to an activating group) is 1. The molecule has 2 aromatic rings. The Kier molecular flexibility index (Phi) is 5.16. The molecule has 1 N–H and O–H groups in total. The van der Waals surface area contributed by atoms with E-state index in [9.17, 15) is 0 Å². The zero-order valence-corrected chi connectivity index (χ0v) is 12.8. The number of hydrogen-bond donors (Lipinski definition) is 1. The van der Waals surface area contributed by atoms with Crippen molar-refractivity contribution >= 4 is 11.3 Å². The van der Waals surface area contributed by atoms with E-state index in [-0.39, 0.29) is 0 Å². The van der Waals surface area contributed by atoms with Gasteiger partial charge in [-0.25, -0.2) is 0 Å². The monoisotopic (exact) mass is 277 g/mol. The van der Waals surface area contributed by atoms with E-state index in [0.29, 0.717) is 6.04 Å². The van der Waals surface area contributed by atoms with Gasteiger partial charge in [0.1, 0.15) is 0 Å². The maximum atomic E-state index is 4.53. The minimum Gasteiger partial charge on any atom is -0.314 e. The van der Waals surface area contributed by atoms with Gasteiger partial charge in [0.15, 0.2) is 0 Å². The molecule has 4 heteroatoms. The van der Waals surface area contributed by atoms with Crippen LogP contribution in [-0.4, -0.2) is 22.4 Å². The highest BCUT2D eigenvalue weighted by Gasteiger charge is 2.13. The quantitative estimate of drug-likeness (QED) is 0.843. The molecular formula is C15H23N3S. The molecule has 0 spiro atoms. The lowest BCUT2D eigenvalue weighted by Crippen LogP contribution is -2.33. The van der Waals surface area contributed by atoms with Crippen LogP contribution in [0.1, 0.15) is 30.1 Å². The molecular weight excluding hydrogens is 254 g/mol. The van der Waals surface area contributed by atoms with E-state index >= 15 is 0 Å². The van der Waals surface area contributed by atoms with Crippen molar-refractivity contribution < 1.29 is 0 Å². The minimum absolute atomic E-state index is 0.491. The molecule has 0 fully saturated rings. The first kappa shape index (κ1) is 14.3. The topological polar surface area (TPSA) is 29.9 Å². The van der Waals surface area contributed by atoms with Gasteiger partial charge in [-0.2, -0.15) is 5.10 Å². The Hall–Kier alpha value is -1.13. The van der Waals surface area contributed by atoms with E-state index in [1.165, 1.54) is 10.6 Å². The Balaban J connectivity index is 2.06. The molecule has 1 atom stereocenters. The number of thiophene rings is 1. The van der Waals surface area contributed by atoms with E-state index in [0.717, 1.165) is 31.6 Å². The number of rotatable bonds is 7. The molecule has 0 saturated carbocycles. The number of aromatic nitrogens is 2. The molecule has 2 aromatic heterocycles. The summed E-state index contributed by atoms with van der Waals surface area (Å²) in [5.74, 6) is 0. The fraction of sp³-hybridized carbons (Fsp3) is 0.533. The van der Waals surface area contributed by atoms with Crippen LogP contribution < -0.4 is 5.32 Å². The van der Waals surface area contributed by atoms with Gasteiger partial charge in [0.05, 0.1) is 5.69 Å². The molecule has 19 heavy (non-hydrogen) atoms. The van der Waals surface area contributed by atoms with Crippen LogP contribution >= 0.6 is 11.3 Å². The van der Waals surface area contributed by atoms with Crippen LogP contribution in [0, 0.1) is 6.92 Å². The second kappa shape index (κ2) is 6.87. The second-order valence-corrected chi connectivity index (χ2v) is 5.87. The van der Waals surface area contributed by atoms with Gasteiger partial charge in [0, 0.05) is 29.6 Å². The van der Waals surface area contributed by atoms with Gasteiger partial charge in [0.2, 0.25) is 0 Å². The highest BCUT2D eigenvalue weighted by atomic mass is 32.1. The van der Waals surface area contributed by atoms with Crippen molar-refractivity contribution in [2.75, 3.05) is 6.54 Å². The first-order valence-electron chi connectivity index (χ1n) is 7.02. The number of aryl methyl sites for hydroxylation is 2. The van der Waals surface area contributed by atoms with E-state index in [4.69, 9.17) is 0 Å². The van der Waals surface area contributed by atoms with Crippen molar-refractivity contribution in [1.82, 2.24) is 15.1 Å². The predicted molar refractivity (Wildman–Crippen MR) is 81.8 cm³/mol. The summed E-state index contributed by atoms with van der Waals surface area (Å²) in [6, 6.07) is 7.05. The SMILES string of the molecule is CCNC(Cc1cccs1)Cc1cc(C)nn1CC. The van der Waals surface area contributed by atoms with Crippen molar-refractivity contribution in [1.29, 1.82) is 0 Å². The van der Waals surface area contributed by atoms with Crippen molar-refractivity contribution in [3.63, 3.8) is 0 Å². The maximum absolute atomic E-state index is 4.53. The first-order chi connectivity index (χ1) is 9.22. The van der Waals surface area contributed by atoms with Gasteiger partial charge in [-0.15, -0.1) is 11.3 Å². The highest BCUT2D eigenvalue weighted by Crippen LogP contribution is 2.14. The highest BCUT2D eigenvalue weighted by molar-refractivity contribution is 7.09. The summed E-state index contributed by atoms with van der Waals surface area (Å²) in [5, 5.41) is 10.3. The average molecular weight is 277 g/mol. The van der Waals surface area contributed by atoms with Gasteiger partial charge in [-0.05, 0) is 44.3 Å². The van der Waals surface area contributed by atoms with Gasteiger partial charge in [0.25, 0.3) is 0 Å². The third-order valence-electron chi connectivity index (χ3n) is 3.26. The lowest BCUT2D eigenvalue weighted by atomic mass is 10.1. The number of nitrogens with zero attached hydrogens (tertiary/aromatic N) is 2. The smallest absolute Gasteiger partial charge is 0.0596 e. The summed E-state index contributed by atoms with van der Waals surface area (Å²) in [7, 11) is 0. The Morgan fingerprint density at radius 3 is 2.84 bits per heavy atom. The van der Waals surface area contributed by atoms with Gasteiger partial charge in [-0.1, -0.05) is 13.0 Å². The number of hydrogen-bond acceptors (Lipinski definition) is 3. The molecule has 0 saturated heterocycles. The summed E-state index contributed by atoms with van der Waals surface area (Å²) >= 11 is 1.84. The lowest BCUT2D eigenvalue weighted by molar-refractivity contribution is 0.498. The fourth-order valence-electron chi connectivity index (χ4n) is 2.47. The molecule has 0 aliphatic rings. The zero-order valence-electron chi connectivity index (χ0n) is 12.0. The molecule has 0 bridgehead atoms. The Labute approximate surface area is 119 Å². The summed E-state index contributed by atoms with van der Waals surface area (Å²) in [4.78, 5) is 1.45. The van der Waals surface area contributed by atoms with E-state index in [2.05, 4.69) is 59.4 Å². The summed E-state index contributed by atoms with van der Waals surface area (Å²) in [5.41, 5.74) is 2.45. The van der Waals surface area contributed by atoms with Crippen LogP contribution in [0.5, 0.6) is 0 Å². The largest absolute Gasteiger partial charge is 0.314 e. The van der Waals surface area contributed by atoms with Crippen LogP contribution in [0.25, 0.3) is 0 Å². The summed E-state index contributed by atoms with van der Waals surface area (Å²) < 4.78 is 2.12. The maximum Gasteiger partial charge on any atom is 0.0596 e. The van der Waals surface area contributed by atoms with Crippen LogP contribution in [0.3, 0.4) is 0 Å². The molecule has 0 aromatic carbocycles. The summed E-state index contributed by atoms with van der Waals surface area (Å²) in [6.45, 7) is 8.34. The summed E-state index contributed by atoms with van der Waals surface area (Å²) in [6.07, 6.45) is 2.14. The molecule has 2 rings (SSSR count). The van der Waals surface area contributed by atoms with Crippen molar-refractivity contribution in [3.05, 3.63) is 39.8 Å². The van der Waals surface area contributed by atoms with E-state index in [1.54, 1.807) is 0 Å². The standard InChI is InChI=1S/C15H23N3S/c1-4-16-13(11-15-7-6-8-19-15)10-14-9-12(3)17-18(14)5-2/h6-9,13,16H,4-5,10-11H2,1-3H3. The van der Waals surface area contributed by atoms with Crippen LogP contribution in [0.15, 0.2) is 23.6 Å². The third-order valence-corrected chi connectivity index (χ3v) is 4.16. The van der Waals surface area contributed by atoms with Gasteiger partial charge in [-0.3, -0.25) is 4.68 Å². The molecule has 1 unspecified atom stereocenters. The molecule has 2 heterocycles. The normalized spacial score (nSPS) is 12.8. The van der Waals surface area contributed by atoms with Crippen LogP contribution in [0.4, 0.5) is 0 Å². The predicted octanol–water partition coefficient (Wildman–Crippen LogP) is 3.04. The van der Waals surface area contributed by atoms with E-state index < -0.39 is 0 Å². The van der Waals surface area contributed by atoms with E-state index in [1.807, 2.05) is 11.3 Å². The molecule has 0 amide bonds. The van der Waals surface area contributed by atoms with Gasteiger partial charge >= 0.3 is 0 Å². The Morgan fingerprint density at radius 2 is 2.21 bits per heavy atom. The second-order valence-electron chi connectivity index (χ2n) is 4.84. The molecule has 0 aliphatic carbocycles. The van der Waals surface area contributed by atoms with Crippen molar-refractivity contribution in [2.24, 2.45) is 0 Å². The average Bonchev–Trinajstić information content (AvgIpc) is 2.99. The number of nitrogens with one attached hydrogen (secondary N) is 1. The first-order valence-corrected chi connectivity index (χ1v) is 7.90. The molecule has 0 radical (unpaired) electrons. The lowest BCUT2D eigenvalue weighted by Gasteiger charge is -2.17. The Morgan fingerprint density at radius 1 is 1.37 bits per heavy atom. The fourth-order valence-corrected chi connectivity index (χ4v) is 3.25. The van der Waals surface area contributed by atoms with Gasteiger partial charge < -0.3 is 5.32 Å². The minimum atomic E-state index is 0.491. The molecule has 104 valence electrons.